The molecule has 2 rings (SSSR count). The van der Waals surface area contributed by atoms with Gasteiger partial charge in [0, 0.05) is 17.8 Å². The third kappa shape index (κ3) is 4.69. The van der Waals surface area contributed by atoms with Crippen molar-refractivity contribution in [2.45, 2.75) is 26.7 Å². The van der Waals surface area contributed by atoms with E-state index in [1.54, 1.807) is 12.1 Å². The van der Waals surface area contributed by atoms with Gasteiger partial charge >= 0.3 is 5.97 Å². The number of carbonyl (C=O) groups is 3. The standard InChI is InChI=1S/C17H20N2O5S/c1-10-11(2)25-16(14(10)17(22)23-3)19-13(20)7-4-8-18-15(21)12-6-5-9-24-12/h5-6,9H,4,7-8H2,1-3H3,(H,18,21)(H,19,20). The maximum atomic E-state index is 12.1. The Hall–Kier alpha value is -2.61. The van der Waals surface area contributed by atoms with E-state index in [1.807, 2.05) is 13.8 Å². The number of nitrogens with one attached hydrogen (secondary N) is 2. The Morgan fingerprint density at radius 1 is 1.28 bits per heavy atom. The topological polar surface area (TPSA) is 97.6 Å². The van der Waals surface area contributed by atoms with E-state index in [9.17, 15) is 14.4 Å². The zero-order valence-corrected chi connectivity index (χ0v) is 15.1. The van der Waals surface area contributed by atoms with Crippen molar-refractivity contribution in [1.29, 1.82) is 0 Å². The Bertz CT molecular complexity index is 764. The molecule has 7 nitrogen and oxygen atoms in total. The predicted octanol–water partition coefficient (Wildman–Crippen LogP) is 2.89. The van der Waals surface area contributed by atoms with Crippen molar-refractivity contribution < 1.29 is 23.5 Å². The minimum Gasteiger partial charge on any atom is -0.465 e. The lowest BCUT2D eigenvalue weighted by atomic mass is 10.1. The molecule has 0 unspecified atom stereocenters. The SMILES string of the molecule is COC(=O)c1c(NC(=O)CCCNC(=O)c2ccco2)sc(C)c1C. The Kier molecular flexibility index (Phi) is 6.35. The zero-order chi connectivity index (χ0) is 18.4. The first-order valence-corrected chi connectivity index (χ1v) is 8.55. The highest BCUT2D eigenvalue weighted by molar-refractivity contribution is 7.16. The van der Waals surface area contributed by atoms with Gasteiger partial charge in [0.2, 0.25) is 5.91 Å². The number of carbonyl (C=O) groups excluding carboxylic acids is 3. The molecule has 0 saturated carbocycles. The molecule has 2 N–H and O–H groups in total. The summed E-state index contributed by atoms with van der Waals surface area (Å²) in [5.41, 5.74) is 1.20. The quantitative estimate of drug-likeness (QED) is 0.581. The van der Waals surface area contributed by atoms with Crippen LogP contribution < -0.4 is 10.6 Å². The molecule has 0 aliphatic heterocycles. The minimum absolute atomic E-state index is 0.217. The average molecular weight is 364 g/mol. The van der Waals surface area contributed by atoms with Gasteiger partial charge in [-0.3, -0.25) is 9.59 Å². The number of esters is 1. The van der Waals surface area contributed by atoms with E-state index in [-0.39, 0.29) is 24.0 Å². The Balaban J connectivity index is 1.84. The number of furan rings is 1. The third-order valence-electron chi connectivity index (χ3n) is 3.64. The molecule has 0 radical (unpaired) electrons. The van der Waals surface area contributed by atoms with E-state index in [4.69, 9.17) is 9.15 Å². The van der Waals surface area contributed by atoms with E-state index < -0.39 is 5.97 Å². The van der Waals surface area contributed by atoms with Gasteiger partial charge in [-0.15, -0.1) is 11.3 Å². The maximum Gasteiger partial charge on any atom is 0.341 e. The summed E-state index contributed by atoms with van der Waals surface area (Å²) in [5, 5.41) is 5.91. The van der Waals surface area contributed by atoms with E-state index in [2.05, 4.69) is 10.6 Å². The van der Waals surface area contributed by atoms with Crippen molar-refractivity contribution in [2.75, 3.05) is 19.0 Å². The van der Waals surface area contributed by atoms with E-state index in [0.29, 0.717) is 23.5 Å². The largest absolute Gasteiger partial charge is 0.465 e. The van der Waals surface area contributed by atoms with Crippen molar-refractivity contribution in [3.63, 3.8) is 0 Å². The van der Waals surface area contributed by atoms with Gasteiger partial charge in [0.15, 0.2) is 5.76 Å². The van der Waals surface area contributed by atoms with Gasteiger partial charge in [0.25, 0.3) is 5.91 Å². The summed E-state index contributed by atoms with van der Waals surface area (Å²) in [7, 11) is 1.31. The monoisotopic (exact) mass is 364 g/mol. The molecule has 2 aromatic rings. The van der Waals surface area contributed by atoms with Gasteiger partial charge < -0.3 is 19.8 Å². The Labute approximate surface area is 149 Å². The van der Waals surface area contributed by atoms with Crippen molar-refractivity contribution in [1.82, 2.24) is 5.32 Å². The summed E-state index contributed by atoms with van der Waals surface area (Å²) in [6.07, 6.45) is 2.11. The van der Waals surface area contributed by atoms with Crippen LogP contribution in [0, 0.1) is 13.8 Å². The van der Waals surface area contributed by atoms with Crippen LogP contribution in [0.25, 0.3) is 0 Å². The van der Waals surface area contributed by atoms with Gasteiger partial charge in [-0.25, -0.2) is 4.79 Å². The van der Waals surface area contributed by atoms with Gasteiger partial charge in [0.05, 0.1) is 18.9 Å². The van der Waals surface area contributed by atoms with Crippen LogP contribution in [0.15, 0.2) is 22.8 Å². The van der Waals surface area contributed by atoms with Gasteiger partial charge in [0.1, 0.15) is 5.00 Å². The molecule has 0 bridgehead atoms. The van der Waals surface area contributed by atoms with Crippen molar-refractivity contribution >= 4 is 34.1 Å². The van der Waals surface area contributed by atoms with E-state index in [0.717, 1.165) is 10.4 Å². The second-order valence-electron chi connectivity index (χ2n) is 5.36. The fourth-order valence-corrected chi connectivity index (χ4v) is 3.26. The Morgan fingerprint density at radius 3 is 2.68 bits per heavy atom. The summed E-state index contributed by atoms with van der Waals surface area (Å²) in [6, 6.07) is 3.20. The highest BCUT2D eigenvalue weighted by Gasteiger charge is 2.21. The molecule has 8 heteroatoms. The van der Waals surface area contributed by atoms with Gasteiger partial charge in [-0.1, -0.05) is 0 Å². The lowest BCUT2D eigenvalue weighted by Gasteiger charge is -2.06. The number of ether oxygens (including phenoxy) is 1. The summed E-state index contributed by atoms with van der Waals surface area (Å²) >= 11 is 1.34. The molecule has 2 amide bonds. The molecular formula is C17H20N2O5S. The summed E-state index contributed by atoms with van der Waals surface area (Å²) in [6.45, 7) is 4.05. The first kappa shape index (κ1) is 18.7. The molecule has 134 valence electrons. The number of hydrogen-bond acceptors (Lipinski definition) is 6. The van der Waals surface area contributed by atoms with Crippen molar-refractivity contribution in [2.24, 2.45) is 0 Å². The molecule has 2 aromatic heterocycles. The zero-order valence-electron chi connectivity index (χ0n) is 14.3. The summed E-state index contributed by atoms with van der Waals surface area (Å²) in [4.78, 5) is 36.6. The molecule has 0 aromatic carbocycles. The van der Waals surface area contributed by atoms with Crippen molar-refractivity contribution in [3.8, 4) is 0 Å². The fourth-order valence-electron chi connectivity index (χ4n) is 2.20. The van der Waals surface area contributed by atoms with Gasteiger partial charge in [-0.2, -0.15) is 0 Å². The van der Waals surface area contributed by atoms with Crippen LogP contribution in [0.1, 0.15) is 44.2 Å². The first-order valence-electron chi connectivity index (χ1n) is 7.74. The predicted molar refractivity (Wildman–Crippen MR) is 94.0 cm³/mol. The molecule has 0 saturated heterocycles. The Morgan fingerprint density at radius 2 is 2.04 bits per heavy atom. The highest BCUT2D eigenvalue weighted by Crippen LogP contribution is 2.33. The van der Waals surface area contributed by atoms with E-state index in [1.165, 1.54) is 24.7 Å². The van der Waals surface area contributed by atoms with Crippen LogP contribution >= 0.6 is 11.3 Å². The number of aryl methyl sites for hydroxylation is 1. The smallest absolute Gasteiger partial charge is 0.341 e. The van der Waals surface area contributed by atoms with Crippen LogP contribution in [0.2, 0.25) is 0 Å². The molecule has 0 atom stereocenters. The van der Waals surface area contributed by atoms with Crippen LogP contribution in [-0.4, -0.2) is 31.4 Å². The van der Waals surface area contributed by atoms with Gasteiger partial charge in [-0.05, 0) is 38.0 Å². The number of hydrogen-bond donors (Lipinski definition) is 2. The second-order valence-corrected chi connectivity index (χ2v) is 6.59. The van der Waals surface area contributed by atoms with Crippen LogP contribution in [-0.2, 0) is 9.53 Å². The second kappa shape index (κ2) is 8.48. The average Bonchev–Trinajstić information content (AvgIpc) is 3.20. The third-order valence-corrected chi connectivity index (χ3v) is 4.76. The minimum atomic E-state index is -0.470. The number of anilines is 1. The fraction of sp³-hybridized carbons (Fsp3) is 0.353. The highest BCUT2D eigenvalue weighted by atomic mass is 32.1. The number of methoxy groups -OCH3 is 1. The number of thiophene rings is 1. The number of rotatable bonds is 7. The normalized spacial score (nSPS) is 10.4. The maximum absolute atomic E-state index is 12.1. The summed E-state index contributed by atoms with van der Waals surface area (Å²) < 4.78 is 9.75. The van der Waals surface area contributed by atoms with Crippen LogP contribution in [0.5, 0.6) is 0 Å². The molecular weight excluding hydrogens is 344 g/mol. The van der Waals surface area contributed by atoms with Crippen LogP contribution in [0.3, 0.4) is 0 Å². The summed E-state index contributed by atoms with van der Waals surface area (Å²) in [5.74, 6) is -0.777. The lowest BCUT2D eigenvalue weighted by molar-refractivity contribution is -0.116. The molecule has 0 aliphatic carbocycles. The first-order chi connectivity index (χ1) is 11.9. The van der Waals surface area contributed by atoms with E-state index >= 15 is 0 Å². The molecule has 2 heterocycles. The molecule has 25 heavy (non-hydrogen) atoms. The number of amides is 2. The molecule has 0 spiro atoms. The molecule has 0 aliphatic rings. The molecule has 0 fully saturated rings. The van der Waals surface area contributed by atoms with Crippen molar-refractivity contribution in [3.05, 3.63) is 40.2 Å². The van der Waals surface area contributed by atoms with Crippen LogP contribution in [0.4, 0.5) is 5.00 Å². The lowest BCUT2D eigenvalue weighted by Crippen LogP contribution is -2.25.